The molecule has 2 aliphatic rings. The Hall–Kier alpha value is -3.52. The number of likely N-dealkylation sites (tertiary alicyclic amines) is 1. The van der Waals surface area contributed by atoms with Crippen LogP contribution in [0.3, 0.4) is 0 Å². The van der Waals surface area contributed by atoms with Gasteiger partial charge in [-0.3, -0.25) is 4.79 Å². The summed E-state index contributed by atoms with van der Waals surface area (Å²) >= 11 is 6.15. The largest absolute Gasteiger partial charge is 0.384 e. The normalized spacial score (nSPS) is 18.6. The van der Waals surface area contributed by atoms with Crippen LogP contribution in [-0.2, 0) is 11.3 Å². The Morgan fingerprint density at radius 2 is 1.79 bits per heavy atom. The number of nitrogens with zero attached hydrogens (tertiary/aromatic N) is 4. The van der Waals surface area contributed by atoms with Gasteiger partial charge in [0.15, 0.2) is 0 Å². The molecule has 0 saturated carbocycles. The number of nitrogen functional groups attached to an aromatic ring is 1. The zero-order chi connectivity index (χ0) is 26.8. The Morgan fingerprint density at radius 1 is 1.05 bits per heavy atom. The van der Waals surface area contributed by atoms with E-state index in [2.05, 4.69) is 41.2 Å². The molecule has 3 aromatic rings. The molecule has 3 N–H and O–H groups in total. The van der Waals surface area contributed by atoms with Crippen LogP contribution in [0.1, 0.15) is 36.0 Å². The molecule has 3 amide bonds. The van der Waals surface area contributed by atoms with Gasteiger partial charge in [0.2, 0.25) is 5.91 Å². The van der Waals surface area contributed by atoms with Crippen LogP contribution in [0.4, 0.5) is 16.3 Å². The number of aryl methyl sites for hydroxylation is 2. The van der Waals surface area contributed by atoms with E-state index in [-0.39, 0.29) is 11.9 Å². The predicted molar refractivity (Wildman–Crippen MR) is 152 cm³/mol. The van der Waals surface area contributed by atoms with Crippen molar-refractivity contribution >= 4 is 45.9 Å². The number of anilines is 2. The lowest BCUT2D eigenvalue weighted by Crippen LogP contribution is -2.56. The van der Waals surface area contributed by atoms with Gasteiger partial charge in [0.25, 0.3) is 0 Å². The highest BCUT2D eigenvalue weighted by atomic mass is 35.5. The number of halogens is 1. The number of benzene rings is 2. The molecule has 2 aromatic carbocycles. The van der Waals surface area contributed by atoms with Crippen LogP contribution >= 0.6 is 11.6 Å². The number of pyridine rings is 1. The van der Waals surface area contributed by atoms with Gasteiger partial charge in [-0.05, 0) is 68.0 Å². The van der Waals surface area contributed by atoms with Crippen LogP contribution in [0, 0.1) is 13.8 Å². The first-order valence-corrected chi connectivity index (χ1v) is 13.7. The standard InChI is InChI=1S/C29H35ClN6O2/c1-19-6-5-7-20(2)23(19)18-36-11-4-3-8-24(28(36)37)33-29(38)35-14-12-34(13-15-35)26-17-27(31)32-25-16-21(30)9-10-22(25)26/h5-7,9-10,16-17,24H,3-4,8,11-15,18H2,1-2H3,(H2,31,32)(H,33,38). The molecule has 1 unspecified atom stereocenters. The predicted octanol–water partition coefficient (Wildman–Crippen LogP) is 4.50. The lowest BCUT2D eigenvalue weighted by Gasteiger charge is -2.37. The molecular weight excluding hydrogens is 500 g/mol. The molecule has 200 valence electrons. The van der Waals surface area contributed by atoms with E-state index >= 15 is 0 Å². The Morgan fingerprint density at radius 3 is 2.53 bits per heavy atom. The molecule has 3 heterocycles. The minimum absolute atomic E-state index is 0.00882. The Labute approximate surface area is 228 Å². The van der Waals surface area contributed by atoms with E-state index in [9.17, 15) is 9.59 Å². The number of carbonyl (C=O) groups is 2. The van der Waals surface area contributed by atoms with Crippen molar-refractivity contribution in [3.8, 4) is 0 Å². The highest BCUT2D eigenvalue weighted by Gasteiger charge is 2.31. The fourth-order valence-electron chi connectivity index (χ4n) is 5.54. The molecule has 1 atom stereocenters. The van der Waals surface area contributed by atoms with Crippen LogP contribution in [0.2, 0.25) is 5.02 Å². The van der Waals surface area contributed by atoms with Gasteiger partial charge in [-0.25, -0.2) is 9.78 Å². The first-order valence-electron chi connectivity index (χ1n) is 13.3. The second-order valence-corrected chi connectivity index (χ2v) is 10.8. The number of rotatable bonds is 4. The number of nitrogens with two attached hydrogens (primary N) is 1. The van der Waals surface area contributed by atoms with E-state index in [1.807, 2.05) is 35.2 Å². The summed E-state index contributed by atoms with van der Waals surface area (Å²) in [6, 6.07) is 13.0. The van der Waals surface area contributed by atoms with Crippen molar-refractivity contribution in [2.24, 2.45) is 0 Å². The molecule has 5 rings (SSSR count). The lowest BCUT2D eigenvalue weighted by molar-refractivity contribution is -0.133. The number of fused-ring (bicyclic) bond motifs is 1. The Bertz CT molecular complexity index is 1330. The van der Waals surface area contributed by atoms with E-state index in [4.69, 9.17) is 17.3 Å². The number of urea groups is 1. The third-order valence-corrected chi connectivity index (χ3v) is 7.98. The van der Waals surface area contributed by atoms with Gasteiger partial charge in [0.1, 0.15) is 11.9 Å². The van der Waals surface area contributed by atoms with Gasteiger partial charge in [-0.15, -0.1) is 0 Å². The van der Waals surface area contributed by atoms with Gasteiger partial charge >= 0.3 is 6.03 Å². The topological polar surface area (TPSA) is 94.8 Å². The molecule has 0 bridgehead atoms. The van der Waals surface area contributed by atoms with E-state index in [1.165, 1.54) is 16.7 Å². The number of piperazine rings is 1. The van der Waals surface area contributed by atoms with Crippen LogP contribution in [-0.4, -0.2) is 65.5 Å². The van der Waals surface area contributed by atoms with Crippen LogP contribution in [0.25, 0.3) is 10.9 Å². The van der Waals surface area contributed by atoms with Crippen molar-refractivity contribution in [2.45, 2.75) is 45.7 Å². The monoisotopic (exact) mass is 534 g/mol. The fraction of sp³-hybridized carbons (Fsp3) is 0.414. The van der Waals surface area contributed by atoms with Crippen molar-refractivity contribution in [1.29, 1.82) is 0 Å². The minimum atomic E-state index is -0.499. The van der Waals surface area contributed by atoms with Crippen molar-refractivity contribution < 1.29 is 9.59 Å². The second kappa shape index (κ2) is 11.1. The van der Waals surface area contributed by atoms with Gasteiger partial charge in [0.05, 0.1) is 5.52 Å². The summed E-state index contributed by atoms with van der Waals surface area (Å²) in [6.07, 6.45) is 2.52. The molecule has 0 aliphatic carbocycles. The highest BCUT2D eigenvalue weighted by Crippen LogP contribution is 2.30. The van der Waals surface area contributed by atoms with Crippen molar-refractivity contribution in [1.82, 2.24) is 20.1 Å². The maximum absolute atomic E-state index is 13.5. The lowest BCUT2D eigenvalue weighted by atomic mass is 10.0. The number of nitrogens with one attached hydrogen (secondary N) is 1. The van der Waals surface area contributed by atoms with Crippen LogP contribution in [0.15, 0.2) is 42.5 Å². The molecule has 1 aromatic heterocycles. The fourth-order valence-corrected chi connectivity index (χ4v) is 5.71. The van der Waals surface area contributed by atoms with Crippen LogP contribution < -0.4 is 16.0 Å². The molecule has 9 heteroatoms. The minimum Gasteiger partial charge on any atom is -0.384 e. The summed E-state index contributed by atoms with van der Waals surface area (Å²) < 4.78 is 0. The first-order chi connectivity index (χ1) is 18.3. The summed E-state index contributed by atoms with van der Waals surface area (Å²) in [5, 5.41) is 4.65. The van der Waals surface area contributed by atoms with Gasteiger partial charge in [-0.1, -0.05) is 29.8 Å². The maximum Gasteiger partial charge on any atom is 0.318 e. The highest BCUT2D eigenvalue weighted by molar-refractivity contribution is 6.31. The van der Waals surface area contributed by atoms with E-state index < -0.39 is 6.04 Å². The molecule has 2 saturated heterocycles. The Kier molecular flexibility index (Phi) is 7.61. The molecule has 0 spiro atoms. The third-order valence-electron chi connectivity index (χ3n) is 7.75. The smallest absolute Gasteiger partial charge is 0.318 e. The van der Waals surface area contributed by atoms with Crippen LogP contribution in [0.5, 0.6) is 0 Å². The zero-order valence-electron chi connectivity index (χ0n) is 22.0. The third kappa shape index (κ3) is 5.50. The average Bonchev–Trinajstić information content (AvgIpc) is 3.06. The number of aromatic nitrogens is 1. The Balaban J connectivity index is 1.23. The molecule has 0 radical (unpaired) electrons. The molecule has 38 heavy (non-hydrogen) atoms. The molecule has 8 nitrogen and oxygen atoms in total. The number of amides is 3. The molecule has 2 fully saturated rings. The van der Waals surface area contributed by atoms with Gasteiger partial charge < -0.3 is 25.8 Å². The van der Waals surface area contributed by atoms with Gasteiger partial charge in [0, 0.05) is 61.4 Å². The molecule has 2 aliphatic heterocycles. The summed E-state index contributed by atoms with van der Waals surface area (Å²) in [5.41, 5.74) is 11.4. The number of hydrogen-bond acceptors (Lipinski definition) is 5. The number of hydrogen-bond donors (Lipinski definition) is 2. The van der Waals surface area contributed by atoms with Crippen molar-refractivity contribution in [3.63, 3.8) is 0 Å². The average molecular weight is 535 g/mol. The van der Waals surface area contributed by atoms with Gasteiger partial charge in [-0.2, -0.15) is 0 Å². The number of carbonyl (C=O) groups excluding carboxylic acids is 2. The second-order valence-electron chi connectivity index (χ2n) is 10.3. The summed E-state index contributed by atoms with van der Waals surface area (Å²) in [5.74, 6) is 0.446. The van der Waals surface area contributed by atoms with E-state index in [0.717, 1.165) is 29.4 Å². The summed E-state index contributed by atoms with van der Waals surface area (Å²) in [7, 11) is 0. The summed E-state index contributed by atoms with van der Waals surface area (Å²) in [4.78, 5) is 37.0. The zero-order valence-corrected chi connectivity index (χ0v) is 22.8. The van der Waals surface area contributed by atoms with Crippen molar-refractivity contribution in [3.05, 3.63) is 64.2 Å². The quantitative estimate of drug-likeness (QED) is 0.514. The maximum atomic E-state index is 13.5. The summed E-state index contributed by atoms with van der Waals surface area (Å²) in [6.45, 7) is 7.89. The molecular formula is C29H35ClN6O2. The van der Waals surface area contributed by atoms with E-state index in [0.29, 0.717) is 56.5 Å². The van der Waals surface area contributed by atoms with E-state index in [1.54, 1.807) is 4.90 Å². The van der Waals surface area contributed by atoms with Crippen molar-refractivity contribution in [2.75, 3.05) is 43.4 Å². The SMILES string of the molecule is Cc1cccc(C)c1CN1CCCCC(NC(=O)N2CCN(c3cc(N)nc4cc(Cl)ccc34)CC2)C1=O. The first kappa shape index (κ1) is 26.1.